The molecule has 0 saturated heterocycles. The van der Waals surface area contributed by atoms with Crippen LogP contribution in [0, 0.1) is 0 Å². The van der Waals surface area contributed by atoms with Crippen molar-refractivity contribution in [1.82, 2.24) is 0 Å². The lowest BCUT2D eigenvalue weighted by Crippen LogP contribution is -2.34. The molecular formula is C16H13Br2Cl2N. The molecule has 2 aromatic rings. The normalized spacial score (nSPS) is 21.0. The molecule has 1 fully saturated rings. The van der Waals surface area contributed by atoms with Gasteiger partial charge in [-0.25, -0.2) is 0 Å². The molecule has 0 heterocycles. The van der Waals surface area contributed by atoms with Gasteiger partial charge in [0.25, 0.3) is 0 Å². The van der Waals surface area contributed by atoms with E-state index in [4.69, 9.17) is 23.2 Å². The molecule has 1 nitrogen and oxygen atoms in total. The Labute approximate surface area is 151 Å². The summed E-state index contributed by atoms with van der Waals surface area (Å²) in [6.07, 6.45) is 2.21. The molecule has 1 aliphatic carbocycles. The van der Waals surface area contributed by atoms with E-state index < -0.39 is 0 Å². The molecule has 21 heavy (non-hydrogen) atoms. The van der Waals surface area contributed by atoms with Gasteiger partial charge in [0.15, 0.2) is 0 Å². The van der Waals surface area contributed by atoms with Crippen LogP contribution in [0.2, 0.25) is 10.0 Å². The number of nitrogens with one attached hydrogen (secondary N) is 1. The van der Waals surface area contributed by atoms with Crippen LogP contribution in [0.25, 0.3) is 0 Å². The van der Waals surface area contributed by atoms with Crippen molar-refractivity contribution in [3.05, 3.63) is 61.0 Å². The second-order valence-corrected chi connectivity index (χ2v) is 7.72. The maximum atomic E-state index is 6.27. The number of halogens is 4. The van der Waals surface area contributed by atoms with Gasteiger partial charge in [-0.1, -0.05) is 57.3 Å². The molecule has 110 valence electrons. The van der Waals surface area contributed by atoms with Crippen molar-refractivity contribution in [2.24, 2.45) is 0 Å². The molecule has 1 saturated carbocycles. The highest BCUT2D eigenvalue weighted by Crippen LogP contribution is 2.43. The van der Waals surface area contributed by atoms with Gasteiger partial charge in [-0.3, -0.25) is 0 Å². The summed E-state index contributed by atoms with van der Waals surface area (Å²) < 4.78 is 2.01. The van der Waals surface area contributed by atoms with Crippen LogP contribution in [0.3, 0.4) is 0 Å². The predicted molar refractivity (Wildman–Crippen MR) is 97.7 cm³/mol. The summed E-state index contributed by atoms with van der Waals surface area (Å²) in [5.74, 6) is 0.600. The van der Waals surface area contributed by atoms with Crippen LogP contribution in [0.15, 0.2) is 45.3 Å². The molecule has 3 rings (SSSR count). The van der Waals surface area contributed by atoms with E-state index in [-0.39, 0.29) is 0 Å². The maximum absolute atomic E-state index is 6.27. The first-order chi connectivity index (χ1) is 10.1. The van der Waals surface area contributed by atoms with Gasteiger partial charge in [0.1, 0.15) is 0 Å². The quantitative estimate of drug-likeness (QED) is 0.504. The van der Waals surface area contributed by atoms with Crippen LogP contribution in [0.4, 0.5) is 5.69 Å². The lowest BCUT2D eigenvalue weighted by Gasteiger charge is -2.37. The number of hydrogen-bond donors (Lipinski definition) is 1. The van der Waals surface area contributed by atoms with Crippen molar-refractivity contribution in [2.75, 3.05) is 5.32 Å². The number of rotatable bonds is 3. The minimum Gasteiger partial charge on any atom is -0.381 e. The van der Waals surface area contributed by atoms with Crippen LogP contribution in [-0.2, 0) is 0 Å². The Balaban J connectivity index is 1.66. The molecular weight excluding hydrogens is 437 g/mol. The molecule has 1 aliphatic rings. The molecule has 0 aromatic heterocycles. The van der Waals surface area contributed by atoms with Gasteiger partial charge < -0.3 is 5.32 Å². The number of benzene rings is 2. The zero-order valence-electron chi connectivity index (χ0n) is 11.0. The lowest BCUT2D eigenvalue weighted by molar-refractivity contribution is 0.373. The van der Waals surface area contributed by atoms with E-state index >= 15 is 0 Å². The van der Waals surface area contributed by atoms with Crippen LogP contribution in [0.1, 0.15) is 24.3 Å². The molecule has 0 bridgehead atoms. The highest BCUT2D eigenvalue weighted by Gasteiger charge is 2.31. The maximum Gasteiger partial charge on any atom is 0.0835 e. The summed E-state index contributed by atoms with van der Waals surface area (Å²) >= 11 is 19.4. The molecule has 0 amide bonds. The average molecular weight is 450 g/mol. The molecule has 1 N–H and O–H groups in total. The third-order valence-corrected chi connectivity index (χ3v) is 6.37. The van der Waals surface area contributed by atoms with Gasteiger partial charge in [0.2, 0.25) is 0 Å². The SMILES string of the molecule is Clc1c(Br)ccc(NC2CC(c3ccccc3Br)C2)c1Cl. The zero-order chi connectivity index (χ0) is 15.0. The van der Waals surface area contributed by atoms with E-state index in [1.54, 1.807) is 0 Å². The van der Waals surface area contributed by atoms with E-state index in [9.17, 15) is 0 Å². The van der Waals surface area contributed by atoms with E-state index in [0.29, 0.717) is 22.0 Å². The second kappa shape index (κ2) is 6.49. The summed E-state index contributed by atoms with van der Waals surface area (Å²) in [5, 5.41) is 4.62. The summed E-state index contributed by atoms with van der Waals surface area (Å²) in [7, 11) is 0. The van der Waals surface area contributed by atoms with Crippen molar-refractivity contribution in [1.29, 1.82) is 0 Å². The van der Waals surface area contributed by atoms with E-state index in [1.165, 1.54) is 10.0 Å². The Morgan fingerprint density at radius 1 is 0.905 bits per heavy atom. The van der Waals surface area contributed by atoms with E-state index in [0.717, 1.165) is 23.0 Å². The second-order valence-electron chi connectivity index (χ2n) is 5.25. The Bertz CT molecular complexity index is 669. The molecule has 2 aromatic carbocycles. The van der Waals surface area contributed by atoms with Crippen LogP contribution < -0.4 is 5.32 Å². The minimum absolute atomic E-state index is 0.442. The summed E-state index contributed by atoms with van der Waals surface area (Å²) in [6.45, 7) is 0. The Morgan fingerprint density at radius 3 is 2.33 bits per heavy atom. The molecule has 0 atom stereocenters. The third-order valence-electron chi connectivity index (χ3n) is 3.88. The molecule has 0 unspecified atom stereocenters. The fourth-order valence-corrected chi connectivity index (χ4v) is 4.09. The molecule has 0 spiro atoms. The molecule has 0 radical (unpaired) electrons. The predicted octanol–water partition coefficient (Wildman–Crippen LogP) is 6.88. The Kier molecular flexibility index (Phi) is 4.84. The van der Waals surface area contributed by atoms with Gasteiger partial charge in [-0.05, 0) is 58.5 Å². The topological polar surface area (TPSA) is 12.0 Å². The average Bonchev–Trinajstić information content (AvgIpc) is 2.43. The third kappa shape index (κ3) is 3.26. The van der Waals surface area contributed by atoms with Crippen LogP contribution in [-0.4, -0.2) is 6.04 Å². The fraction of sp³-hybridized carbons (Fsp3) is 0.250. The van der Waals surface area contributed by atoms with Gasteiger partial charge in [0.05, 0.1) is 15.7 Å². The van der Waals surface area contributed by atoms with Crippen molar-refractivity contribution in [3.8, 4) is 0 Å². The fourth-order valence-electron chi connectivity index (χ4n) is 2.65. The number of anilines is 1. The van der Waals surface area contributed by atoms with Gasteiger partial charge in [-0.15, -0.1) is 0 Å². The summed E-state index contributed by atoms with van der Waals surface area (Å²) in [5.41, 5.74) is 2.29. The van der Waals surface area contributed by atoms with Gasteiger partial charge in [0, 0.05) is 15.0 Å². The first-order valence-corrected chi connectivity index (χ1v) is 9.05. The van der Waals surface area contributed by atoms with Crippen LogP contribution in [0.5, 0.6) is 0 Å². The van der Waals surface area contributed by atoms with Crippen molar-refractivity contribution in [3.63, 3.8) is 0 Å². The first-order valence-electron chi connectivity index (χ1n) is 6.70. The monoisotopic (exact) mass is 447 g/mol. The van der Waals surface area contributed by atoms with E-state index in [2.05, 4.69) is 55.4 Å². The smallest absolute Gasteiger partial charge is 0.0835 e. The van der Waals surface area contributed by atoms with Gasteiger partial charge in [-0.2, -0.15) is 0 Å². The largest absolute Gasteiger partial charge is 0.381 e. The lowest BCUT2D eigenvalue weighted by atomic mass is 9.76. The Morgan fingerprint density at radius 2 is 1.62 bits per heavy atom. The zero-order valence-corrected chi connectivity index (χ0v) is 15.7. The van der Waals surface area contributed by atoms with Crippen molar-refractivity contribution < 1.29 is 0 Å². The van der Waals surface area contributed by atoms with Crippen molar-refractivity contribution in [2.45, 2.75) is 24.8 Å². The summed E-state index contributed by atoms with van der Waals surface area (Å²) in [6, 6.07) is 12.7. The van der Waals surface area contributed by atoms with Crippen LogP contribution >= 0.6 is 55.1 Å². The highest BCUT2D eigenvalue weighted by molar-refractivity contribution is 9.10. The summed E-state index contributed by atoms with van der Waals surface area (Å²) in [4.78, 5) is 0. The minimum atomic E-state index is 0.442. The Hall–Kier alpha value is -0.220. The molecule has 5 heteroatoms. The highest BCUT2D eigenvalue weighted by atomic mass is 79.9. The first kappa shape index (κ1) is 15.7. The number of hydrogen-bond acceptors (Lipinski definition) is 1. The van der Waals surface area contributed by atoms with E-state index in [1.807, 2.05) is 18.2 Å². The molecule has 0 aliphatic heterocycles. The standard InChI is InChI=1S/C16H13Br2Cl2N/c17-12-4-2-1-3-11(12)9-7-10(8-9)21-14-6-5-13(18)15(19)16(14)20/h1-6,9-10,21H,7-8H2. The van der Waals surface area contributed by atoms with Gasteiger partial charge >= 0.3 is 0 Å². The van der Waals surface area contributed by atoms with Crippen molar-refractivity contribution >= 4 is 60.7 Å².